The first-order chi connectivity index (χ1) is 13.5. The van der Waals surface area contributed by atoms with Gasteiger partial charge in [-0.15, -0.1) is 10.2 Å². The number of hydrogen-bond acceptors (Lipinski definition) is 6. The number of carbonyl (C=O) groups excluding carboxylic acids is 2. The minimum absolute atomic E-state index is 0.0346. The largest absolute Gasteiger partial charge is 0.340 e. The highest BCUT2D eigenvalue weighted by Gasteiger charge is 2.39. The van der Waals surface area contributed by atoms with Crippen LogP contribution in [0, 0.1) is 19.8 Å². The summed E-state index contributed by atoms with van der Waals surface area (Å²) in [6, 6.07) is 8.56. The second-order valence-corrected chi connectivity index (χ2v) is 8.76. The summed E-state index contributed by atoms with van der Waals surface area (Å²) in [5, 5.41) is 9.45. The highest BCUT2D eigenvalue weighted by molar-refractivity contribution is 7.15. The molecule has 4 rings (SSSR count). The predicted molar refractivity (Wildman–Crippen MR) is 108 cm³/mol. The highest BCUT2D eigenvalue weighted by atomic mass is 32.1. The van der Waals surface area contributed by atoms with E-state index in [4.69, 9.17) is 0 Å². The molecule has 3 heterocycles. The summed E-state index contributed by atoms with van der Waals surface area (Å²) in [6.45, 7) is 8.45. The second-order valence-electron chi connectivity index (χ2n) is 7.60. The molecule has 2 aromatic rings. The maximum Gasteiger partial charge on any atom is 0.229 e. The smallest absolute Gasteiger partial charge is 0.229 e. The van der Waals surface area contributed by atoms with Crippen molar-refractivity contribution in [1.82, 2.24) is 20.0 Å². The molecule has 2 fully saturated rings. The number of anilines is 1. The molecule has 0 spiro atoms. The van der Waals surface area contributed by atoms with Gasteiger partial charge in [-0.3, -0.25) is 19.4 Å². The normalized spacial score (nSPS) is 20.8. The Hall–Kier alpha value is -2.32. The van der Waals surface area contributed by atoms with E-state index in [0.29, 0.717) is 24.8 Å². The number of rotatable bonds is 4. The zero-order valence-corrected chi connectivity index (χ0v) is 17.1. The number of carbonyl (C=O) groups is 2. The van der Waals surface area contributed by atoms with E-state index >= 15 is 0 Å². The first-order valence-corrected chi connectivity index (χ1v) is 10.5. The summed E-state index contributed by atoms with van der Waals surface area (Å²) < 4.78 is 0. The molecule has 1 aromatic carbocycles. The summed E-state index contributed by atoms with van der Waals surface area (Å²) in [5.41, 5.74) is 2.58. The number of amides is 2. The van der Waals surface area contributed by atoms with Crippen molar-refractivity contribution in [1.29, 1.82) is 0 Å². The Bertz CT molecular complexity index is 875. The predicted octanol–water partition coefficient (Wildman–Crippen LogP) is 1.85. The molecule has 2 saturated heterocycles. The zero-order valence-electron chi connectivity index (χ0n) is 16.3. The van der Waals surface area contributed by atoms with Gasteiger partial charge in [0.15, 0.2) is 0 Å². The van der Waals surface area contributed by atoms with Gasteiger partial charge in [0, 0.05) is 45.7 Å². The van der Waals surface area contributed by atoms with Crippen LogP contribution in [0.15, 0.2) is 24.3 Å². The van der Waals surface area contributed by atoms with Crippen molar-refractivity contribution in [2.24, 2.45) is 5.92 Å². The molecule has 2 amide bonds. The van der Waals surface area contributed by atoms with Gasteiger partial charge in [0.05, 0.1) is 5.92 Å². The van der Waals surface area contributed by atoms with E-state index in [0.717, 1.165) is 24.6 Å². The molecule has 2 aliphatic heterocycles. The van der Waals surface area contributed by atoms with Crippen LogP contribution in [-0.2, 0) is 16.1 Å². The molecule has 1 unspecified atom stereocenters. The monoisotopic (exact) mass is 399 g/mol. The Labute approximate surface area is 169 Å². The van der Waals surface area contributed by atoms with Crippen LogP contribution >= 0.6 is 11.3 Å². The molecular formula is C20H25N5O2S. The van der Waals surface area contributed by atoms with Gasteiger partial charge in [0.25, 0.3) is 0 Å². The van der Waals surface area contributed by atoms with Crippen LogP contribution in [0.5, 0.6) is 0 Å². The van der Waals surface area contributed by atoms with Crippen LogP contribution in [-0.4, -0.2) is 64.5 Å². The fraction of sp³-hybridized carbons (Fsp3) is 0.500. The summed E-state index contributed by atoms with van der Waals surface area (Å²) in [7, 11) is 0. The standard InChI is InChI=1S/C20H25N5O2S/c1-14-4-3-5-16(10-14)12-23-6-8-24(9-7-23)19(27)17-11-18(26)25(13-17)20-22-21-15(2)28-20/h3-5,10,17H,6-9,11-13H2,1-2H3. The number of aromatic nitrogens is 2. The Kier molecular flexibility index (Phi) is 5.41. The van der Waals surface area contributed by atoms with Crippen LogP contribution in [0.4, 0.5) is 5.13 Å². The zero-order chi connectivity index (χ0) is 19.7. The molecule has 0 N–H and O–H groups in total. The van der Waals surface area contributed by atoms with Crippen molar-refractivity contribution >= 4 is 28.3 Å². The lowest BCUT2D eigenvalue weighted by Crippen LogP contribution is -2.50. The summed E-state index contributed by atoms with van der Waals surface area (Å²) in [5.74, 6) is -0.222. The lowest BCUT2D eigenvalue weighted by Gasteiger charge is -2.36. The quantitative estimate of drug-likeness (QED) is 0.785. The van der Waals surface area contributed by atoms with Crippen molar-refractivity contribution in [2.75, 3.05) is 37.6 Å². The minimum atomic E-state index is -0.278. The van der Waals surface area contributed by atoms with Gasteiger partial charge in [-0.2, -0.15) is 0 Å². The number of nitrogens with zero attached hydrogens (tertiary/aromatic N) is 5. The Morgan fingerprint density at radius 1 is 1.18 bits per heavy atom. The van der Waals surface area contributed by atoms with Crippen molar-refractivity contribution in [3.8, 4) is 0 Å². The Morgan fingerprint density at radius 3 is 2.64 bits per heavy atom. The third-order valence-corrected chi connectivity index (χ3v) is 6.25. The van der Waals surface area contributed by atoms with Crippen LogP contribution in [0.25, 0.3) is 0 Å². The molecule has 8 heteroatoms. The SMILES string of the molecule is Cc1cccc(CN2CCN(C(=O)C3CC(=O)N(c4nnc(C)s4)C3)CC2)c1. The molecule has 7 nitrogen and oxygen atoms in total. The molecule has 148 valence electrons. The van der Waals surface area contributed by atoms with Gasteiger partial charge in [-0.25, -0.2) is 0 Å². The molecule has 2 aliphatic rings. The maximum absolute atomic E-state index is 12.9. The first kappa shape index (κ1) is 19.0. The summed E-state index contributed by atoms with van der Waals surface area (Å²) in [6.07, 6.45) is 0.265. The molecular weight excluding hydrogens is 374 g/mol. The topological polar surface area (TPSA) is 69.6 Å². The van der Waals surface area contributed by atoms with Gasteiger partial charge < -0.3 is 4.90 Å². The fourth-order valence-electron chi connectivity index (χ4n) is 3.91. The maximum atomic E-state index is 12.9. The molecule has 0 saturated carbocycles. The van der Waals surface area contributed by atoms with Crippen molar-refractivity contribution in [2.45, 2.75) is 26.8 Å². The van der Waals surface area contributed by atoms with Gasteiger partial charge in [-0.1, -0.05) is 41.2 Å². The average Bonchev–Trinajstić information content (AvgIpc) is 3.27. The van der Waals surface area contributed by atoms with Crippen molar-refractivity contribution in [3.05, 3.63) is 40.4 Å². The average molecular weight is 400 g/mol. The van der Waals surface area contributed by atoms with E-state index in [-0.39, 0.29) is 24.2 Å². The minimum Gasteiger partial charge on any atom is -0.340 e. The number of hydrogen-bond donors (Lipinski definition) is 0. The van der Waals surface area contributed by atoms with Crippen LogP contribution in [0.3, 0.4) is 0 Å². The lowest BCUT2D eigenvalue weighted by atomic mass is 10.1. The van der Waals surface area contributed by atoms with Gasteiger partial charge >= 0.3 is 0 Å². The molecule has 0 radical (unpaired) electrons. The molecule has 1 aromatic heterocycles. The molecule has 0 bridgehead atoms. The van der Waals surface area contributed by atoms with E-state index in [9.17, 15) is 9.59 Å². The lowest BCUT2D eigenvalue weighted by molar-refractivity contribution is -0.137. The molecule has 0 aliphatic carbocycles. The van der Waals surface area contributed by atoms with E-state index in [1.165, 1.54) is 22.5 Å². The van der Waals surface area contributed by atoms with E-state index in [2.05, 4.69) is 46.3 Å². The Morgan fingerprint density at radius 2 is 1.96 bits per heavy atom. The fourth-order valence-corrected chi connectivity index (χ4v) is 4.62. The van der Waals surface area contributed by atoms with Gasteiger partial charge in [-0.05, 0) is 19.4 Å². The van der Waals surface area contributed by atoms with E-state index in [1.54, 1.807) is 4.90 Å². The van der Waals surface area contributed by atoms with Crippen molar-refractivity contribution < 1.29 is 9.59 Å². The third-order valence-electron chi connectivity index (χ3n) is 5.39. The van der Waals surface area contributed by atoms with Crippen LogP contribution < -0.4 is 4.90 Å². The molecule has 28 heavy (non-hydrogen) atoms. The highest BCUT2D eigenvalue weighted by Crippen LogP contribution is 2.28. The Balaban J connectivity index is 1.31. The first-order valence-electron chi connectivity index (χ1n) is 9.67. The van der Waals surface area contributed by atoms with Crippen LogP contribution in [0.1, 0.15) is 22.6 Å². The van der Waals surface area contributed by atoms with E-state index < -0.39 is 0 Å². The second kappa shape index (κ2) is 7.97. The summed E-state index contributed by atoms with van der Waals surface area (Å²) in [4.78, 5) is 31.2. The van der Waals surface area contributed by atoms with Crippen molar-refractivity contribution in [3.63, 3.8) is 0 Å². The number of aryl methyl sites for hydroxylation is 2. The summed E-state index contributed by atoms with van der Waals surface area (Å²) >= 11 is 1.39. The number of piperazine rings is 1. The van der Waals surface area contributed by atoms with Gasteiger partial charge in [0.2, 0.25) is 16.9 Å². The number of benzene rings is 1. The van der Waals surface area contributed by atoms with Crippen LogP contribution in [0.2, 0.25) is 0 Å². The molecule has 1 atom stereocenters. The van der Waals surface area contributed by atoms with E-state index in [1.807, 2.05) is 11.8 Å². The van der Waals surface area contributed by atoms with Gasteiger partial charge in [0.1, 0.15) is 5.01 Å². The third kappa shape index (κ3) is 4.07.